The Balaban J connectivity index is 0.00000100. The van der Waals surface area contributed by atoms with Gasteiger partial charge >= 0.3 is 0 Å². The second-order valence-electron chi connectivity index (χ2n) is 5.49. The average Bonchev–Trinajstić information content (AvgIpc) is 3.18. The molecular weight excluding hydrogens is 305 g/mol. The van der Waals surface area contributed by atoms with Crippen molar-refractivity contribution in [3.05, 3.63) is 41.1 Å². The highest BCUT2D eigenvalue weighted by molar-refractivity contribution is 5.89. The monoisotopic (exact) mass is 331 g/mol. The lowest BCUT2D eigenvalue weighted by Gasteiger charge is -2.08. The minimum atomic E-state index is -0.274. The van der Waals surface area contributed by atoms with E-state index in [1.807, 2.05) is 33.9 Å². The number of aryl methyl sites for hydroxylation is 2. The molecule has 0 fully saturated rings. The molecule has 0 aliphatic heterocycles. The normalized spacial score (nSPS) is 13.0. The maximum atomic E-state index is 14.7. The summed E-state index contributed by atoms with van der Waals surface area (Å²) in [7, 11) is 1.82. The largest absolute Gasteiger partial charge is 0.366 e. The summed E-state index contributed by atoms with van der Waals surface area (Å²) in [4.78, 5) is 8.77. The average molecular weight is 331 g/mol. The van der Waals surface area contributed by atoms with Crippen molar-refractivity contribution in [3.63, 3.8) is 0 Å². The number of fused-ring (bicyclic) bond motifs is 1. The third-order valence-corrected chi connectivity index (χ3v) is 3.91. The van der Waals surface area contributed by atoms with E-state index in [9.17, 15) is 4.39 Å². The number of hydrogen-bond acceptors (Lipinski definition) is 4. The van der Waals surface area contributed by atoms with Crippen LogP contribution in [-0.2, 0) is 13.5 Å². The van der Waals surface area contributed by atoms with Crippen LogP contribution in [0.4, 0.5) is 10.2 Å². The highest BCUT2D eigenvalue weighted by Crippen LogP contribution is 2.28. The molecular formula is C18H26FN5. The smallest absolute Gasteiger partial charge is 0.157 e. The zero-order valence-electron chi connectivity index (χ0n) is 14.9. The minimum absolute atomic E-state index is 0.274. The molecule has 2 aromatic heterocycles. The number of nitrogens with one attached hydrogen (secondary N) is 1. The molecule has 1 aliphatic rings. The summed E-state index contributed by atoms with van der Waals surface area (Å²) >= 11 is 0. The van der Waals surface area contributed by atoms with Crippen molar-refractivity contribution in [1.82, 2.24) is 14.5 Å². The zero-order valence-corrected chi connectivity index (χ0v) is 14.9. The van der Waals surface area contributed by atoms with E-state index in [4.69, 9.17) is 5.73 Å². The predicted molar refractivity (Wildman–Crippen MR) is 97.6 cm³/mol. The predicted octanol–water partition coefficient (Wildman–Crippen LogP) is 3.24. The van der Waals surface area contributed by atoms with Crippen LogP contribution in [0.1, 0.15) is 31.8 Å². The van der Waals surface area contributed by atoms with Gasteiger partial charge in [0.1, 0.15) is 17.3 Å². The van der Waals surface area contributed by atoms with Crippen LogP contribution in [0, 0.1) is 12.7 Å². The Kier molecular flexibility index (Phi) is 6.09. The molecule has 0 radical (unpaired) electrons. The molecule has 0 spiro atoms. The van der Waals surface area contributed by atoms with Gasteiger partial charge in [-0.3, -0.25) is 0 Å². The molecule has 3 rings (SSSR count). The van der Waals surface area contributed by atoms with Gasteiger partial charge in [0.2, 0.25) is 0 Å². The van der Waals surface area contributed by atoms with Gasteiger partial charge in [0.15, 0.2) is 5.82 Å². The molecule has 1 aliphatic carbocycles. The Morgan fingerprint density at radius 1 is 1.33 bits per heavy atom. The second-order valence-corrected chi connectivity index (χ2v) is 5.49. The quantitative estimate of drug-likeness (QED) is 0.882. The Bertz CT molecular complexity index is 774. The Morgan fingerprint density at radius 3 is 2.71 bits per heavy atom. The number of nitrogens with zero attached hydrogens (tertiary/aromatic N) is 3. The van der Waals surface area contributed by atoms with Crippen molar-refractivity contribution < 1.29 is 4.39 Å². The Labute approximate surface area is 142 Å². The fourth-order valence-corrected chi connectivity index (χ4v) is 2.78. The third kappa shape index (κ3) is 3.48. The lowest BCUT2D eigenvalue weighted by atomic mass is 10.2. The van der Waals surface area contributed by atoms with Crippen LogP contribution in [0.25, 0.3) is 11.0 Å². The van der Waals surface area contributed by atoms with Gasteiger partial charge in [0, 0.05) is 20.0 Å². The number of aromatic nitrogens is 3. The van der Waals surface area contributed by atoms with Gasteiger partial charge in [0.25, 0.3) is 0 Å². The van der Waals surface area contributed by atoms with Gasteiger partial charge in [-0.1, -0.05) is 32.1 Å². The molecule has 2 aromatic rings. The van der Waals surface area contributed by atoms with Gasteiger partial charge in [-0.25, -0.2) is 14.4 Å². The summed E-state index contributed by atoms with van der Waals surface area (Å²) < 4.78 is 16.5. The number of anilines is 1. The maximum Gasteiger partial charge on any atom is 0.157 e. The summed E-state index contributed by atoms with van der Waals surface area (Å²) in [5.41, 5.74) is 8.01. The van der Waals surface area contributed by atoms with Gasteiger partial charge in [-0.05, 0) is 25.5 Å². The summed E-state index contributed by atoms with van der Waals surface area (Å²) in [6.45, 7) is 6.86. The molecule has 0 atom stereocenters. The van der Waals surface area contributed by atoms with Crippen molar-refractivity contribution in [3.8, 4) is 0 Å². The maximum absolute atomic E-state index is 14.7. The topological polar surface area (TPSA) is 68.8 Å². The molecule has 0 aromatic carbocycles. The molecule has 24 heavy (non-hydrogen) atoms. The second kappa shape index (κ2) is 8.06. The Hall–Kier alpha value is -2.21. The van der Waals surface area contributed by atoms with Gasteiger partial charge < -0.3 is 15.6 Å². The standard InChI is InChI=1S/C16H20FN5.C2H6/c1-10-20-15(19-9-11-5-3-4-6-11)13-14(17)12(7-8-18)22(2)16(13)21-10;1-2/h3-5H,6-9,18H2,1-2H3,(H,19,20,21);1-2H3. The van der Waals surface area contributed by atoms with E-state index in [-0.39, 0.29) is 5.82 Å². The van der Waals surface area contributed by atoms with Crippen molar-refractivity contribution in [1.29, 1.82) is 0 Å². The molecule has 0 unspecified atom stereocenters. The zero-order chi connectivity index (χ0) is 17.7. The highest BCUT2D eigenvalue weighted by atomic mass is 19.1. The summed E-state index contributed by atoms with van der Waals surface area (Å²) in [5.74, 6) is 0.893. The fourth-order valence-electron chi connectivity index (χ4n) is 2.78. The number of nitrogens with two attached hydrogens (primary N) is 1. The van der Waals surface area contributed by atoms with E-state index in [1.165, 1.54) is 5.57 Å². The molecule has 130 valence electrons. The fraction of sp³-hybridized carbons (Fsp3) is 0.444. The van der Waals surface area contributed by atoms with E-state index >= 15 is 0 Å². The molecule has 0 saturated carbocycles. The lowest BCUT2D eigenvalue weighted by Crippen LogP contribution is -2.08. The molecule has 6 heteroatoms. The molecule has 0 saturated heterocycles. The van der Waals surface area contributed by atoms with E-state index in [0.29, 0.717) is 47.9 Å². The number of hydrogen-bond donors (Lipinski definition) is 2. The van der Waals surface area contributed by atoms with Gasteiger partial charge in [-0.2, -0.15) is 0 Å². The highest BCUT2D eigenvalue weighted by Gasteiger charge is 2.20. The molecule has 0 bridgehead atoms. The first-order valence-electron chi connectivity index (χ1n) is 8.41. The van der Waals surface area contributed by atoms with E-state index in [0.717, 1.165) is 6.42 Å². The first-order chi connectivity index (χ1) is 11.6. The number of halogens is 1. The van der Waals surface area contributed by atoms with Crippen LogP contribution in [0.3, 0.4) is 0 Å². The van der Waals surface area contributed by atoms with E-state index < -0.39 is 0 Å². The number of rotatable bonds is 5. The van der Waals surface area contributed by atoms with Crippen molar-refractivity contribution in [2.75, 3.05) is 18.4 Å². The minimum Gasteiger partial charge on any atom is -0.366 e. The first kappa shape index (κ1) is 18.1. The summed E-state index contributed by atoms with van der Waals surface area (Å²) in [6.07, 6.45) is 7.60. The SMILES string of the molecule is CC.Cc1nc(NCC2=CC=CC2)c2c(F)c(CCN)n(C)c2n1. The van der Waals surface area contributed by atoms with Crippen LogP contribution < -0.4 is 11.1 Å². The summed E-state index contributed by atoms with van der Waals surface area (Å²) in [5, 5.41) is 3.70. The molecule has 5 nitrogen and oxygen atoms in total. The van der Waals surface area contributed by atoms with Crippen LogP contribution in [0.2, 0.25) is 0 Å². The van der Waals surface area contributed by atoms with Crippen molar-refractivity contribution in [2.24, 2.45) is 12.8 Å². The third-order valence-electron chi connectivity index (χ3n) is 3.91. The van der Waals surface area contributed by atoms with Crippen LogP contribution in [-0.4, -0.2) is 27.6 Å². The van der Waals surface area contributed by atoms with E-state index in [2.05, 4.69) is 27.4 Å². The molecule has 3 N–H and O–H groups in total. The van der Waals surface area contributed by atoms with Crippen LogP contribution >= 0.6 is 0 Å². The van der Waals surface area contributed by atoms with Gasteiger partial charge in [0.05, 0.1) is 11.1 Å². The van der Waals surface area contributed by atoms with Crippen molar-refractivity contribution in [2.45, 2.75) is 33.6 Å². The lowest BCUT2D eigenvalue weighted by molar-refractivity contribution is 0.606. The van der Waals surface area contributed by atoms with Crippen LogP contribution in [0.15, 0.2) is 23.8 Å². The number of allylic oxidation sites excluding steroid dienone is 3. The molecule has 2 heterocycles. The summed E-state index contributed by atoms with van der Waals surface area (Å²) in [6, 6.07) is 0. The van der Waals surface area contributed by atoms with E-state index in [1.54, 1.807) is 4.57 Å². The first-order valence-corrected chi connectivity index (χ1v) is 8.41. The molecule has 0 amide bonds. The van der Waals surface area contributed by atoms with Crippen LogP contribution in [0.5, 0.6) is 0 Å². The Morgan fingerprint density at radius 2 is 2.08 bits per heavy atom. The van der Waals surface area contributed by atoms with Crippen molar-refractivity contribution >= 4 is 16.9 Å². The van der Waals surface area contributed by atoms with Gasteiger partial charge in [-0.15, -0.1) is 0 Å².